The Kier molecular flexibility index (Phi) is 19.6. The number of aliphatic hydroxyl groups is 1. The number of allylic oxidation sites excluding steroid dienone is 1. The lowest BCUT2D eigenvalue weighted by Crippen LogP contribution is -2.56. The van der Waals surface area contributed by atoms with Crippen LogP contribution in [0.5, 0.6) is 5.75 Å². The lowest BCUT2D eigenvalue weighted by molar-refractivity contribution is -0.168. The Hall–Kier alpha value is -3.28. The summed E-state index contributed by atoms with van der Waals surface area (Å²) in [5.41, 5.74) is 0.304. The van der Waals surface area contributed by atoms with E-state index in [1.54, 1.807) is 18.2 Å². The minimum atomic E-state index is -2.49. The third-order valence-corrected chi connectivity index (χ3v) is 7.53. The van der Waals surface area contributed by atoms with Crippen molar-refractivity contribution < 1.29 is 44.1 Å². The van der Waals surface area contributed by atoms with E-state index < -0.39 is 35.3 Å². The number of amides is 2. The molecule has 1 rings (SSSR count). The number of hydrogen-bond acceptors (Lipinski definition) is 8. The Bertz CT molecular complexity index is 1030. The van der Waals surface area contributed by atoms with Gasteiger partial charge in [-0.05, 0) is 43.4 Å². The molecular weight excluding hydrogens is 568 g/mol. The maximum Gasteiger partial charge on any atom is 0.336 e. The molecule has 0 fully saturated rings. The van der Waals surface area contributed by atoms with Gasteiger partial charge in [-0.2, -0.15) is 0 Å². The van der Waals surface area contributed by atoms with Crippen molar-refractivity contribution in [2.24, 2.45) is 5.92 Å². The fraction of sp³-hybridized carbons (Fsp3) is 0.636. The summed E-state index contributed by atoms with van der Waals surface area (Å²) in [6.45, 7) is 2.05. The van der Waals surface area contributed by atoms with Crippen LogP contribution in [0.25, 0.3) is 0 Å². The highest BCUT2D eigenvalue weighted by Crippen LogP contribution is 2.26. The minimum Gasteiger partial charge on any atom is -0.508 e. The van der Waals surface area contributed by atoms with Crippen molar-refractivity contribution in [3.05, 3.63) is 42.0 Å². The number of carboxylic acids is 1. The first kappa shape index (κ1) is 38.7. The molecule has 11 heteroatoms. The number of nitrogens with one attached hydrogen (secondary N) is 2. The van der Waals surface area contributed by atoms with Gasteiger partial charge in [-0.15, -0.1) is 0 Å². The molecule has 0 radical (unpaired) electrons. The molecule has 248 valence electrons. The SMILES string of the molecule is CCCCCCCC(=O)CCCCCC/C=C/[C@H](C(=O)N[C@@H](Cc1ccc(O)cc1)C(=O)NOC)[C@@](O)(CCOC)C(=O)O. The van der Waals surface area contributed by atoms with E-state index in [0.717, 1.165) is 38.5 Å². The molecule has 0 spiro atoms. The maximum absolute atomic E-state index is 13.5. The van der Waals surface area contributed by atoms with Crippen LogP contribution in [0, 0.1) is 5.92 Å². The van der Waals surface area contributed by atoms with Crippen LogP contribution in [0.15, 0.2) is 36.4 Å². The molecule has 0 aliphatic rings. The molecule has 44 heavy (non-hydrogen) atoms. The second kappa shape index (κ2) is 22.3. The molecular formula is C33H52N2O9. The Labute approximate surface area is 261 Å². The zero-order valence-corrected chi connectivity index (χ0v) is 26.5. The summed E-state index contributed by atoms with van der Waals surface area (Å²) in [5.74, 6) is -4.31. The Morgan fingerprint density at radius 1 is 0.909 bits per heavy atom. The summed E-state index contributed by atoms with van der Waals surface area (Å²) in [4.78, 5) is 55.2. The van der Waals surface area contributed by atoms with Crippen molar-refractivity contribution in [1.29, 1.82) is 0 Å². The van der Waals surface area contributed by atoms with Gasteiger partial charge in [-0.1, -0.05) is 69.7 Å². The number of methoxy groups -OCH3 is 1. The van der Waals surface area contributed by atoms with Crippen LogP contribution in [0.3, 0.4) is 0 Å². The van der Waals surface area contributed by atoms with Gasteiger partial charge >= 0.3 is 5.97 Å². The molecule has 0 unspecified atom stereocenters. The predicted octanol–water partition coefficient (Wildman–Crippen LogP) is 4.39. The molecule has 2 amide bonds. The van der Waals surface area contributed by atoms with E-state index in [9.17, 15) is 34.5 Å². The van der Waals surface area contributed by atoms with Crippen molar-refractivity contribution in [3.8, 4) is 5.75 Å². The monoisotopic (exact) mass is 620 g/mol. The topological polar surface area (TPSA) is 171 Å². The summed E-state index contributed by atoms with van der Waals surface area (Å²) in [5, 5.41) is 33.2. The molecule has 1 aromatic rings. The third-order valence-electron chi connectivity index (χ3n) is 7.53. The first-order chi connectivity index (χ1) is 21.1. The number of unbranched alkanes of at least 4 members (excludes halogenated alkanes) is 8. The Morgan fingerprint density at radius 2 is 1.52 bits per heavy atom. The van der Waals surface area contributed by atoms with E-state index in [2.05, 4.69) is 17.7 Å². The second-order valence-electron chi connectivity index (χ2n) is 11.1. The molecule has 11 nitrogen and oxygen atoms in total. The molecule has 0 aliphatic heterocycles. The molecule has 0 saturated carbocycles. The summed E-state index contributed by atoms with van der Waals surface area (Å²) >= 11 is 0. The zero-order chi connectivity index (χ0) is 32.8. The first-order valence-corrected chi connectivity index (χ1v) is 15.6. The van der Waals surface area contributed by atoms with Crippen molar-refractivity contribution in [2.45, 2.75) is 108 Å². The number of aliphatic carboxylic acids is 1. The number of hydrogen-bond donors (Lipinski definition) is 5. The van der Waals surface area contributed by atoms with Crippen LogP contribution in [-0.2, 0) is 35.2 Å². The summed E-state index contributed by atoms with van der Waals surface area (Å²) in [6.07, 6.45) is 13.4. The quantitative estimate of drug-likeness (QED) is 0.0604. The molecule has 0 bridgehead atoms. The van der Waals surface area contributed by atoms with Crippen molar-refractivity contribution in [3.63, 3.8) is 0 Å². The van der Waals surface area contributed by atoms with Crippen molar-refractivity contribution in [2.75, 3.05) is 20.8 Å². The maximum atomic E-state index is 13.5. The van der Waals surface area contributed by atoms with E-state index in [0.29, 0.717) is 30.6 Å². The van der Waals surface area contributed by atoms with Crippen LogP contribution < -0.4 is 10.8 Å². The molecule has 0 saturated heterocycles. The van der Waals surface area contributed by atoms with Gasteiger partial charge in [0.2, 0.25) is 5.91 Å². The number of hydroxylamine groups is 1. The van der Waals surface area contributed by atoms with Gasteiger partial charge in [0, 0.05) is 39.4 Å². The molecule has 0 aromatic heterocycles. The van der Waals surface area contributed by atoms with Crippen molar-refractivity contribution >= 4 is 23.6 Å². The highest BCUT2D eigenvalue weighted by atomic mass is 16.6. The fourth-order valence-corrected chi connectivity index (χ4v) is 4.85. The molecule has 5 N–H and O–H groups in total. The number of ether oxygens (including phenoxy) is 1. The van der Waals surface area contributed by atoms with Gasteiger partial charge in [-0.3, -0.25) is 19.2 Å². The standard InChI is InChI=1S/C33H52N2O9/c1-4-5-6-9-12-15-26(36)16-13-10-7-8-11-14-17-28(33(42,32(40)41)22-23-43-2)30(38)34-29(31(39)35-44-3)24-25-18-20-27(37)21-19-25/h14,17-21,28-29,37,42H,4-13,15-16,22-24H2,1-3H3,(H,34,38)(H,35,39)(H,40,41)/b17-14+/t28-,29+,33+/m1/s1. The number of Topliss-reactive ketones (excluding diaryl/α,β-unsaturated/α-hetero) is 1. The van der Waals surface area contributed by atoms with Gasteiger partial charge in [0.1, 0.15) is 17.6 Å². The van der Waals surface area contributed by atoms with Crippen LogP contribution in [0.2, 0.25) is 0 Å². The Balaban J connectivity index is 2.84. The number of carbonyl (C=O) groups excluding carboxylic acids is 3. The molecule has 0 aliphatic carbocycles. The normalized spacial score (nSPS) is 14.1. The molecule has 1 aromatic carbocycles. The first-order valence-electron chi connectivity index (χ1n) is 15.6. The highest BCUT2D eigenvalue weighted by molar-refractivity contribution is 5.93. The van der Waals surface area contributed by atoms with Gasteiger partial charge < -0.3 is 25.4 Å². The average Bonchev–Trinajstić information content (AvgIpc) is 2.99. The van der Waals surface area contributed by atoms with Gasteiger partial charge in [0.25, 0.3) is 5.91 Å². The fourth-order valence-electron chi connectivity index (χ4n) is 4.85. The van der Waals surface area contributed by atoms with Crippen LogP contribution in [-0.4, -0.2) is 71.4 Å². The number of carboxylic acid groups (broad SMARTS) is 1. The zero-order valence-electron chi connectivity index (χ0n) is 26.5. The summed E-state index contributed by atoms with van der Waals surface area (Å²) < 4.78 is 4.99. The number of ketones is 1. The van der Waals surface area contributed by atoms with Gasteiger partial charge in [0.15, 0.2) is 5.60 Å². The van der Waals surface area contributed by atoms with E-state index in [1.807, 2.05) is 0 Å². The third kappa shape index (κ3) is 14.9. The van der Waals surface area contributed by atoms with Gasteiger partial charge in [-0.25, -0.2) is 10.3 Å². The van der Waals surface area contributed by atoms with E-state index >= 15 is 0 Å². The number of aromatic hydroxyl groups is 1. The minimum absolute atomic E-state index is 0.0164. The predicted molar refractivity (Wildman–Crippen MR) is 167 cm³/mol. The van der Waals surface area contributed by atoms with Crippen LogP contribution in [0.1, 0.15) is 96.0 Å². The number of carbonyl (C=O) groups is 4. The largest absolute Gasteiger partial charge is 0.508 e. The van der Waals surface area contributed by atoms with Gasteiger partial charge in [0.05, 0.1) is 13.0 Å². The summed E-state index contributed by atoms with van der Waals surface area (Å²) in [7, 11) is 2.60. The molecule has 0 heterocycles. The number of rotatable bonds is 25. The molecule has 3 atom stereocenters. The average molecular weight is 621 g/mol. The lowest BCUT2D eigenvalue weighted by atomic mass is 9.83. The van der Waals surface area contributed by atoms with E-state index in [-0.39, 0.29) is 25.2 Å². The smallest absolute Gasteiger partial charge is 0.336 e. The van der Waals surface area contributed by atoms with Crippen LogP contribution >= 0.6 is 0 Å². The second-order valence-corrected chi connectivity index (χ2v) is 11.1. The highest BCUT2D eigenvalue weighted by Gasteiger charge is 2.47. The van der Waals surface area contributed by atoms with Crippen LogP contribution in [0.4, 0.5) is 0 Å². The van der Waals surface area contributed by atoms with E-state index in [1.165, 1.54) is 51.7 Å². The van der Waals surface area contributed by atoms with Crippen molar-refractivity contribution in [1.82, 2.24) is 10.8 Å². The number of benzene rings is 1. The number of phenols is 1. The number of phenolic OH excluding ortho intramolecular Hbond substituents is 1. The summed E-state index contributed by atoms with van der Waals surface area (Å²) in [6, 6.07) is 4.89. The lowest BCUT2D eigenvalue weighted by Gasteiger charge is -2.31. The van der Waals surface area contributed by atoms with E-state index in [4.69, 9.17) is 9.57 Å². The Morgan fingerprint density at radius 3 is 2.09 bits per heavy atom.